The molecule has 1 aliphatic rings. The van der Waals surface area contributed by atoms with Crippen molar-refractivity contribution in [1.82, 2.24) is 14.9 Å². The van der Waals surface area contributed by atoms with Crippen LogP contribution in [0.1, 0.15) is 25.1 Å². The predicted octanol–water partition coefficient (Wildman–Crippen LogP) is 4.09. The Morgan fingerprint density at radius 3 is 2.73 bits per heavy atom. The van der Waals surface area contributed by atoms with Gasteiger partial charge in [0.05, 0.1) is 5.39 Å². The lowest BCUT2D eigenvalue weighted by Gasteiger charge is -2.15. The summed E-state index contributed by atoms with van der Waals surface area (Å²) >= 11 is 1.63. The molecule has 3 aromatic rings. The number of benzene rings is 1. The molecule has 1 saturated heterocycles. The number of fused-ring (bicyclic) bond motifs is 1. The molecule has 26 heavy (non-hydrogen) atoms. The summed E-state index contributed by atoms with van der Waals surface area (Å²) in [4.78, 5) is 24.4. The van der Waals surface area contributed by atoms with Crippen LogP contribution in [0.15, 0.2) is 35.7 Å². The van der Waals surface area contributed by atoms with E-state index in [1.807, 2.05) is 30.0 Å². The fourth-order valence-electron chi connectivity index (χ4n) is 3.42. The second-order valence-electron chi connectivity index (χ2n) is 6.58. The number of likely N-dealkylation sites (tertiary alicyclic amines) is 1. The molecule has 0 saturated carbocycles. The molecule has 0 atom stereocenters. The molecule has 1 aromatic carbocycles. The third kappa shape index (κ3) is 3.42. The SMILES string of the molecule is Cc1nc(NCCC(=O)N2CCCC2)c2c(-c3ccccc3)csc2n1. The van der Waals surface area contributed by atoms with Crippen LogP contribution < -0.4 is 5.32 Å². The van der Waals surface area contributed by atoms with Gasteiger partial charge in [-0.2, -0.15) is 0 Å². The molecule has 1 aliphatic heterocycles. The molecule has 134 valence electrons. The first-order chi connectivity index (χ1) is 12.7. The van der Waals surface area contributed by atoms with Gasteiger partial charge in [0.1, 0.15) is 16.5 Å². The van der Waals surface area contributed by atoms with E-state index in [0.29, 0.717) is 13.0 Å². The minimum absolute atomic E-state index is 0.227. The van der Waals surface area contributed by atoms with Crippen molar-refractivity contribution >= 4 is 33.3 Å². The summed E-state index contributed by atoms with van der Waals surface area (Å²) in [6, 6.07) is 10.3. The van der Waals surface area contributed by atoms with E-state index in [4.69, 9.17) is 0 Å². The summed E-state index contributed by atoms with van der Waals surface area (Å²) in [7, 11) is 0. The molecule has 4 rings (SSSR count). The van der Waals surface area contributed by atoms with Gasteiger partial charge in [0.2, 0.25) is 5.91 Å². The summed E-state index contributed by atoms with van der Waals surface area (Å²) < 4.78 is 0. The van der Waals surface area contributed by atoms with E-state index >= 15 is 0 Å². The van der Waals surface area contributed by atoms with Crippen LogP contribution in [0.5, 0.6) is 0 Å². The van der Waals surface area contributed by atoms with Gasteiger partial charge in [-0.15, -0.1) is 11.3 Å². The van der Waals surface area contributed by atoms with E-state index in [-0.39, 0.29) is 5.91 Å². The maximum absolute atomic E-state index is 12.3. The van der Waals surface area contributed by atoms with Gasteiger partial charge in [-0.05, 0) is 25.3 Å². The zero-order valence-electron chi connectivity index (χ0n) is 14.9. The Morgan fingerprint density at radius 2 is 1.96 bits per heavy atom. The van der Waals surface area contributed by atoms with Crippen molar-refractivity contribution in [3.63, 3.8) is 0 Å². The van der Waals surface area contributed by atoms with E-state index in [9.17, 15) is 4.79 Å². The van der Waals surface area contributed by atoms with Gasteiger partial charge in [-0.25, -0.2) is 9.97 Å². The predicted molar refractivity (Wildman–Crippen MR) is 107 cm³/mol. The molecule has 1 N–H and O–H groups in total. The topological polar surface area (TPSA) is 58.1 Å². The van der Waals surface area contributed by atoms with Crippen molar-refractivity contribution in [2.24, 2.45) is 0 Å². The van der Waals surface area contributed by atoms with Crippen molar-refractivity contribution in [1.29, 1.82) is 0 Å². The van der Waals surface area contributed by atoms with Crippen LogP contribution in [-0.4, -0.2) is 40.4 Å². The molecule has 0 unspecified atom stereocenters. The maximum Gasteiger partial charge on any atom is 0.224 e. The highest BCUT2D eigenvalue weighted by atomic mass is 32.1. The molecule has 0 aliphatic carbocycles. The average molecular weight is 366 g/mol. The Bertz CT molecular complexity index is 916. The minimum atomic E-state index is 0.227. The fraction of sp³-hybridized carbons (Fsp3) is 0.350. The lowest BCUT2D eigenvalue weighted by molar-refractivity contribution is -0.129. The first-order valence-electron chi connectivity index (χ1n) is 9.05. The average Bonchev–Trinajstić information content (AvgIpc) is 3.32. The van der Waals surface area contributed by atoms with E-state index in [0.717, 1.165) is 58.9 Å². The number of aryl methyl sites for hydroxylation is 1. The first-order valence-corrected chi connectivity index (χ1v) is 9.93. The van der Waals surface area contributed by atoms with Gasteiger partial charge in [0.25, 0.3) is 0 Å². The molecular formula is C20H22N4OS. The number of rotatable bonds is 5. The van der Waals surface area contributed by atoms with Crippen molar-refractivity contribution < 1.29 is 4.79 Å². The molecule has 2 aromatic heterocycles. The Balaban J connectivity index is 1.57. The Hall–Kier alpha value is -2.47. The molecule has 6 heteroatoms. The summed E-state index contributed by atoms with van der Waals surface area (Å²) in [5.41, 5.74) is 2.29. The van der Waals surface area contributed by atoms with Crippen molar-refractivity contribution in [3.8, 4) is 11.1 Å². The van der Waals surface area contributed by atoms with Gasteiger partial charge in [0.15, 0.2) is 0 Å². The summed E-state index contributed by atoms with van der Waals surface area (Å²) in [6.07, 6.45) is 2.75. The summed E-state index contributed by atoms with van der Waals surface area (Å²) in [5, 5.41) is 6.56. The zero-order valence-corrected chi connectivity index (χ0v) is 15.7. The second-order valence-corrected chi connectivity index (χ2v) is 7.44. The van der Waals surface area contributed by atoms with Crippen LogP contribution in [0.2, 0.25) is 0 Å². The smallest absolute Gasteiger partial charge is 0.224 e. The number of carbonyl (C=O) groups excluding carboxylic acids is 1. The molecule has 1 fully saturated rings. The van der Waals surface area contributed by atoms with Crippen LogP contribution >= 0.6 is 11.3 Å². The molecule has 1 amide bonds. The third-order valence-corrected chi connectivity index (χ3v) is 5.59. The van der Waals surface area contributed by atoms with Crippen molar-refractivity contribution in [2.75, 3.05) is 25.0 Å². The van der Waals surface area contributed by atoms with Gasteiger partial charge < -0.3 is 10.2 Å². The molecule has 3 heterocycles. The van der Waals surface area contributed by atoms with Crippen molar-refractivity contribution in [3.05, 3.63) is 41.5 Å². The summed E-state index contributed by atoms with van der Waals surface area (Å²) in [6.45, 7) is 4.30. The first kappa shape index (κ1) is 17.0. The normalized spacial score (nSPS) is 14.1. The van der Waals surface area contributed by atoms with Gasteiger partial charge in [-0.1, -0.05) is 30.3 Å². The Labute approximate surface area is 157 Å². The number of hydrogen-bond acceptors (Lipinski definition) is 5. The Morgan fingerprint density at radius 1 is 1.19 bits per heavy atom. The number of aromatic nitrogens is 2. The lowest BCUT2D eigenvalue weighted by Crippen LogP contribution is -2.29. The standard InChI is InChI=1S/C20H22N4OS/c1-14-22-19(21-10-9-17(25)24-11-5-6-12-24)18-16(13-26-20(18)23-14)15-7-3-2-4-8-15/h2-4,7-8,13H,5-6,9-12H2,1H3,(H,21,22,23). The van der Waals surface area contributed by atoms with Gasteiger partial charge in [-0.3, -0.25) is 4.79 Å². The monoisotopic (exact) mass is 366 g/mol. The van der Waals surface area contributed by atoms with E-state index in [1.165, 1.54) is 0 Å². The highest BCUT2D eigenvalue weighted by Crippen LogP contribution is 2.36. The highest BCUT2D eigenvalue weighted by Gasteiger charge is 2.18. The lowest BCUT2D eigenvalue weighted by atomic mass is 10.1. The largest absolute Gasteiger partial charge is 0.369 e. The number of hydrogen-bond donors (Lipinski definition) is 1. The fourth-order valence-corrected chi connectivity index (χ4v) is 4.41. The molecular weight excluding hydrogens is 344 g/mol. The maximum atomic E-state index is 12.3. The van der Waals surface area contributed by atoms with Gasteiger partial charge >= 0.3 is 0 Å². The Kier molecular flexibility index (Phi) is 4.84. The second kappa shape index (κ2) is 7.41. The third-order valence-electron chi connectivity index (χ3n) is 4.72. The molecule has 5 nitrogen and oxygen atoms in total. The number of carbonyl (C=O) groups is 1. The minimum Gasteiger partial charge on any atom is -0.369 e. The van der Waals surface area contributed by atoms with E-state index in [1.54, 1.807) is 11.3 Å². The highest BCUT2D eigenvalue weighted by molar-refractivity contribution is 7.17. The number of thiophene rings is 1. The van der Waals surface area contributed by atoms with Crippen LogP contribution in [0.25, 0.3) is 21.3 Å². The van der Waals surface area contributed by atoms with Crippen LogP contribution in [0.3, 0.4) is 0 Å². The van der Waals surface area contributed by atoms with Gasteiger partial charge in [0, 0.05) is 37.0 Å². The molecule has 0 spiro atoms. The van der Waals surface area contributed by atoms with Crippen molar-refractivity contribution in [2.45, 2.75) is 26.2 Å². The number of anilines is 1. The van der Waals surface area contributed by atoms with Crippen LogP contribution in [0.4, 0.5) is 5.82 Å². The van der Waals surface area contributed by atoms with E-state index < -0.39 is 0 Å². The quantitative estimate of drug-likeness (QED) is 0.739. The van der Waals surface area contributed by atoms with Crippen LogP contribution in [-0.2, 0) is 4.79 Å². The van der Waals surface area contributed by atoms with Crippen LogP contribution in [0, 0.1) is 6.92 Å². The zero-order chi connectivity index (χ0) is 17.9. The number of amides is 1. The number of nitrogens with zero attached hydrogens (tertiary/aromatic N) is 3. The van der Waals surface area contributed by atoms with E-state index in [2.05, 4.69) is 32.8 Å². The molecule has 0 bridgehead atoms. The summed E-state index contributed by atoms with van der Waals surface area (Å²) in [5.74, 6) is 1.79. The number of nitrogens with one attached hydrogen (secondary N) is 1. The molecule has 0 radical (unpaired) electrons.